The van der Waals surface area contributed by atoms with Crippen LogP contribution in [0.15, 0.2) is 34.4 Å². The minimum Gasteiger partial charge on any atom is -0.493 e. The first kappa shape index (κ1) is 25.0. The van der Waals surface area contributed by atoms with Crippen molar-refractivity contribution in [3.63, 3.8) is 0 Å². The van der Waals surface area contributed by atoms with E-state index in [0.717, 1.165) is 25.0 Å². The molecule has 1 atom stereocenters. The summed E-state index contributed by atoms with van der Waals surface area (Å²) >= 11 is 0. The minimum absolute atomic E-state index is 0.118. The molecule has 1 aromatic rings. The van der Waals surface area contributed by atoms with E-state index in [1.54, 1.807) is 22.5 Å². The molecule has 3 aliphatic heterocycles. The van der Waals surface area contributed by atoms with E-state index in [9.17, 15) is 13.2 Å². The van der Waals surface area contributed by atoms with Crippen LogP contribution in [-0.2, 0) is 14.8 Å². The number of nitrogens with zero attached hydrogens (tertiary/aromatic N) is 4. The fourth-order valence-electron chi connectivity index (χ4n) is 4.98. The molecule has 0 aliphatic carbocycles. The fourth-order valence-corrected chi connectivity index (χ4v) is 6.44. The monoisotopic (exact) mass is 491 g/mol. The van der Waals surface area contributed by atoms with E-state index < -0.39 is 16.1 Å². The van der Waals surface area contributed by atoms with Crippen LogP contribution in [0.1, 0.15) is 38.3 Å². The third kappa shape index (κ3) is 4.82. The molecule has 3 heterocycles. The number of likely N-dealkylation sites (N-methyl/N-ethyl adjacent to an activating group) is 2. The Morgan fingerprint density at radius 3 is 2.50 bits per heavy atom. The zero-order chi connectivity index (χ0) is 24.5. The lowest BCUT2D eigenvalue weighted by molar-refractivity contribution is -0.118. The Bertz CT molecular complexity index is 1050. The Labute approximate surface area is 203 Å². The van der Waals surface area contributed by atoms with Crippen LogP contribution in [0.3, 0.4) is 0 Å². The molecule has 1 unspecified atom stereocenters. The largest absolute Gasteiger partial charge is 0.493 e. The molecule has 3 aliphatic rings. The van der Waals surface area contributed by atoms with E-state index in [-0.39, 0.29) is 10.8 Å². The SMILES string of the molecule is CCCOc1ccc(S(=O)(=O)N2CCN(C)CC2)cc1C1NC(=O)C2=C1CN(CCC)CN2C. The molecule has 0 saturated carbocycles. The lowest BCUT2D eigenvalue weighted by atomic mass is 9.97. The van der Waals surface area contributed by atoms with Gasteiger partial charge >= 0.3 is 0 Å². The first-order valence-electron chi connectivity index (χ1n) is 12.2. The van der Waals surface area contributed by atoms with Crippen LogP contribution in [0.4, 0.5) is 0 Å². The van der Waals surface area contributed by atoms with Crippen molar-refractivity contribution in [3.8, 4) is 5.75 Å². The molecular weight excluding hydrogens is 454 g/mol. The van der Waals surface area contributed by atoms with Gasteiger partial charge in [-0.2, -0.15) is 4.31 Å². The van der Waals surface area contributed by atoms with E-state index in [1.807, 2.05) is 25.9 Å². The first-order valence-corrected chi connectivity index (χ1v) is 13.6. The van der Waals surface area contributed by atoms with Gasteiger partial charge in [-0.15, -0.1) is 0 Å². The average molecular weight is 492 g/mol. The van der Waals surface area contributed by atoms with Gasteiger partial charge in [-0.25, -0.2) is 8.42 Å². The molecule has 1 amide bonds. The van der Waals surface area contributed by atoms with E-state index in [0.29, 0.717) is 63.0 Å². The molecule has 188 valence electrons. The summed E-state index contributed by atoms with van der Waals surface area (Å²) in [5, 5.41) is 3.11. The van der Waals surface area contributed by atoms with E-state index >= 15 is 0 Å². The quantitative estimate of drug-likeness (QED) is 0.589. The molecule has 9 nitrogen and oxygen atoms in total. The highest BCUT2D eigenvalue weighted by atomic mass is 32.2. The van der Waals surface area contributed by atoms with E-state index in [1.165, 1.54) is 0 Å². The number of piperazine rings is 1. The Balaban J connectivity index is 1.73. The molecule has 0 aromatic heterocycles. The van der Waals surface area contributed by atoms with Crippen molar-refractivity contribution in [2.24, 2.45) is 0 Å². The van der Waals surface area contributed by atoms with Crippen molar-refractivity contribution in [3.05, 3.63) is 35.0 Å². The minimum atomic E-state index is -3.65. The van der Waals surface area contributed by atoms with Crippen LogP contribution >= 0.6 is 0 Å². The number of rotatable bonds is 8. The van der Waals surface area contributed by atoms with Crippen LogP contribution in [0.25, 0.3) is 0 Å². The number of carbonyl (C=O) groups is 1. The van der Waals surface area contributed by atoms with Gasteiger partial charge < -0.3 is 19.9 Å². The Morgan fingerprint density at radius 1 is 1.09 bits per heavy atom. The highest BCUT2D eigenvalue weighted by molar-refractivity contribution is 7.89. The second-order valence-electron chi connectivity index (χ2n) is 9.43. The van der Waals surface area contributed by atoms with Crippen molar-refractivity contribution in [2.45, 2.75) is 37.6 Å². The van der Waals surface area contributed by atoms with Gasteiger partial charge in [-0.05, 0) is 50.2 Å². The fraction of sp³-hybridized carbons (Fsp3) is 0.625. The number of nitrogens with one attached hydrogen (secondary N) is 1. The molecule has 34 heavy (non-hydrogen) atoms. The summed E-state index contributed by atoms with van der Waals surface area (Å²) in [5.74, 6) is 0.501. The number of benzene rings is 1. The normalized spacial score (nSPS) is 22.8. The first-order chi connectivity index (χ1) is 16.3. The lowest BCUT2D eigenvalue weighted by Crippen LogP contribution is -2.47. The van der Waals surface area contributed by atoms with Crippen LogP contribution in [0.2, 0.25) is 0 Å². The maximum atomic E-state index is 13.5. The predicted molar refractivity (Wildman–Crippen MR) is 131 cm³/mol. The summed E-state index contributed by atoms with van der Waals surface area (Å²) < 4.78 is 34.5. The molecule has 10 heteroatoms. The standard InChI is InChI=1S/C24H37N5O4S/c1-5-9-28-16-20-22(25-24(30)23(20)27(4)17-28)19-15-18(7-8-21(19)33-14-6-2)34(31,32)29-12-10-26(3)11-13-29/h7-8,15,22H,5-6,9-14,16-17H2,1-4H3,(H,25,30). The number of ether oxygens (including phenoxy) is 1. The summed E-state index contributed by atoms with van der Waals surface area (Å²) in [4.78, 5) is 19.6. The summed E-state index contributed by atoms with van der Waals surface area (Å²) in [7, 11) is 0.285. The number of carbonyl (C=O) groups excluding carboxylic acids is 1. The number of amides is 1. The topological polar surface area (TPSA) is 85.4 Å². The summed E-state index contributed by atoms with van der Waals surface area (Å²) in [5.41, 5.74) is 2.36. The predicted octanol–water partition coefficient (Wildman–Crippen LogP) is 1.45. The van der Waals surface area contributed by atoms with Gasteiger partial charge in [0.1, 0.15) is 11.4 Å². The Morgan fingerprint density at radius 2 is 1.82 bits per heavy atom. The lowest BCUT2D eigenvalue weighted by Gasteiger charge is -2.35. The maximum absolute atomic E-state index is 13.5. The van der Waals surface area contributed by atoms with E-state index in [4.69, 9.17) is 4.74 Å². The zero-order valence-electron chi connectivity index (χ0n) is 20.7. The highest BCUT2D eigenvalue weighted by Gasteiger charge is 2.40. The Hall–Kier alpha value is -2.14. The van der Waals surface area contributed by atoms with Gasteiger partial charge in [-0.1, -0.05) is 13.8 Å². The smallest absolute Gasteiger partial charge is 0.268 e. The second-order valence-corrected chi connectivity index (χ2v) is 11.4. The molecule has 1 fully saturated rings. The molecule has 1 N–H and O–H groups in total. The molecular formula is C24H37N5O4S. The Kier molecular flexibility index (Phi) is 7.51. The molecule has 0 radical (unpaired) electrons. The number of hydrogen-bond acceptors (Lipinski definition) is 7. The summed E-state index contributed by atoms with van der Waals surface area (Å²) in [6.45, 7) is 9.33. The third-order valence-electron chi connectivity index (χ3n) is 6.72. The molecule has 1 aromatic carbocycles. The van der Waals surface area contributed by atoms with Crippen LogP contribution in [0, 0.1) is 0 Å². The van der Waals surface area contributed by atoms with Gasteiger partial charge in [-0.3, -0.25) is 9.69 Å². The average Bonchev–Trinajstić information content (AvgIpc) is 3.14. The number of hydrogen-bond donors (Lipinski definition) is 1. The highest BCUT2D eigenvalue weighted by Crippen LogP contribution is 2.39. The second kappa shape index (κ2) is 10.2. The molecule has 0 bridgehead atoms. The van der Waals surface area contributed by atoms with Crippen LogP contribution in [-0.4, -0.2) is 100.0 Å². The van der Waals surface area contributed by atoms with Crippen molar-refractivity contribution in [2.75, 3.05) is 66.6 Å². The van der Waals surface area contributed by atoms with E-state index in [2.05, 4.69) is 22.0 Å². The summed E-state index contributed by atoms with van der Waals surface area (Å²) in [6.07, 6.45) is 1.85. The van der Waals surface area contributed by atoms with Crippen molar-refractivity contribution in [1.29, 1.82) is 0 Å². The van der Waals surface area contributed by atoms with Gasteiger partial charge in [0.2, 0.25) is 10.0 Å². The maximum Gasteiger partial charge on any atom is 0.268 e. The van der Waals surface area contributed by atoms with Crippen LogP contribution in [0.5, 0.6) is 5.75 Å². The number of sulfonamides is 1. The van der Waals surface area contributed by atoms with Crippen molar-refractivity contribution in [1.82, 2.24) is 24.3 Å². The summed E-state index contributed by atoms with van der Waals surface area (Å²) in [6, 6.07) is 4.66. The van der Waals surface area contributed by atoms with Gasteiger partial charge in [0.15, 0.2) is 0 Å². The van der Waals surface area contributed by atoms with Gasteiger partial charge in [0, 0.05) is 45.3 Å². The van der Waals surface area contributed by atoms with Crippen LogP contribution < -0.4 is 10.1 Å². The van der Waals surface area contributed by atoms with Gasteiger partial charge in [0.25, 0.3) is 5.91 Å². The van der Waals surface area contributed by atoms with Crippen molar-refractivity contribution < 1.29 is 17.9 Å². The molecule has 0 spiro atoms. The van der Waals surface area contributed by atoms with Gasteiger partial charge in [0.05, 0.1) is 24.2 Å². The third-order valence-corrected chi connectivity index (χ3v) is 8.62. The molecule has 4 rings (SSSR count). The molecule has 1 saturated heterocycles. The zero-order valence-corrected chi connectivity index (χ0v) is 21.5. The van der Waals surface area contributed by atoms with Crippen molar-refractivity contribution >= 4 is 15.9 Å².